The molecule has 0 amide bonds. The Morgan fingerprint density at radius 3 is 0.800 bits per heavy atom. The van der Waals surface area contributed by atoms with Crippen LogP contribution in [-0.2, 0) is 0 Å². The smallest absolute Gasteiger partial charge is 0.166 e. The Balaban J connectivity index is 0.947. The average Bonchev–Trinajstić information content (AvgIpc) is 1.56. The molecule has 12 aromatic carbocycles. The van der Waals surface area contributed by atoms with E-state index in [2.05, 4.69) is 155 Å². The molecule has 0 unspecified atom stereocenters. The van der Waals surface area contributed by atoms with Crippen LogP contribution in [0.25, 0.3) is 157 Å². The first-order valence-corrected chi connectivity index (χ1v) is 29.6. The summed E-state index contributed by atoms with van der Waals surface area (Å²) in [6, 6.07) is 103. The van der Waals surface area contributed by atoms with E-state index in [0.717, 1.165) is 122 Å². The first kappa shape index (κ1) is 52.8. The molecule has 16 rings (SSSR count). The van der Waals surface area contributed by atoms with Gasteiger partial charge in [-0.1, -0.05) is 218 Å². The van der Waals surface area contributed by atoms with Gasteiger partial charge in [-0.25, -0.2) is 29.9 Å². The van der Waals surface area contributed by atoms with Crippen molar-refractivity contribution in [1.29, 1.82) is 10.5 Å². The lowest BCUT2D eigenvalue weighted by Crippen LogP contribution is -2.04. The minimum Gasteiger partial charge on any atom is -0.309 e. The summed E-state index contributed by atoms with van der Waals surface area (Å²) in [5, 5.41) is 26.1. The van der Waals surface area contributed by atoms with Crippen molar-refractivity contribution in [2.45, 2.75) is 0 Å². The molecule has 0 aliphatic heterocycles. The predicted molar refractivity (Wildman–Crippen MR) is 360 cm³/mol. The quantitative estimate of drug-likeness (QED) is 0.125. The highest BCUT2D eigenvalue weighted by molar-refractivity contribution is 6.11. The Bertz CT molecular complexity index is 5000. The summed E-state index contributed by atoms with van der Waals surface area (Å²) in [5.41, 5.74) is 16.4. The number of rotatable bonds is 11. The van der Waals surface area contributed by atoms with Crippen molar-refractivity contribution < 1.29 is 0 Å². The van der Waals surface area contributed by atoms with Crippen molar-refractivity contribution >= 4 is 43.6 Å². The number of nitrogens with zero attached hydrogens (tertiary/aromatic N) is 10. The summed E-state index contributed by atoms with van der Waals surface area (Å²) in [7, 11) is 0. The lowest BCUT2D eigenvalue weighted by Gasteiger charge is -2.20. The molecule has 4 aromatic heterocycles. The van der Waals surface area contributed by atoms with Gasteiger partial charge in [0.2, 0.25) is 0 Å². The van der Waals surface area contributed by atoms with Crippen molar-refractivity contribution in [3.63, 3.8) is 0 Å². The first-order chi connectivity index (χ1) is 44.5. The summed E-state index contributed by atoms with van der Waals surface area (Å²) >= 11 is 0. The molecule has 0 saturated heterocycles. The third kappa shape index (κ3) is 9.29. The van der Waals surface area contributed by atoms with E-state index >= 15 is 0 Å². The van der Waals surface area contributed by atoms with Gasteiger partial charge in [-0.05, 0) is 106 Å². The lowest BCUT2D eigenvalue weighted by atomic mass is 9.86. The highest BCUT2D eigenvalue weighted by Crippen LogP contribution is 2.45. The van der Waals surface area contributed by atoms with E-state index in [1.54, 1.807) is 0 Å². The van der Waals surface area contributed by atoms with Gasteiger partial charge in [-0.3, -0.25) is 0 Å². The van der Waals surface area contributed by atoms with Crippen LogP contribution in [0.5, 0.6) is 0 Å². The van der Waals surface area contributed by atoms with Gasteiger partial charge in [-0.2, -0.15) is 10.5 Å². The Kier molecular flexibility index (Phi) is 13.1. The number of hydrogen-bond acceptors (Lipinski definition) is 8. The van der Waals surface area contributed by atoms with Crippen molar-refractivity contribution in [2.24, 2.45) is 0 Å². The second kappa shape index (κ2) is 22.3. The number of fused-ring (bicyclic) bond motifs is 6. The molecule has 90 heavy (non-hydrogen) atoms. The van der Waals surface area contributed by atoms with E-state index in [1.807, 2.05) is 158 Å². The predicted octanol–water partition coefficient (Wildman–Crippen LogP) is 19.0. The van der Waals surface area contributed by atoms with Crippen LogP contribution in [0.2, 0.25) is 0 Å². The van der Waals surface area contributed by atoms with E-state index in [0.29, 0.717) is 46.1 Å². The summed E-state index contributed by atoms with van der Waals surface area (Å²) < 4.78 is 4.59. The second-order valence-electron chi connectivity index (χ2n) is 22.0. The number of para-hydroxylation sites is 4. The molecular weight excluding hydrogens is 1100 g/mol. The van der Waals surface area contributed by atoms with Crippen LogP contribution in [0.4, 0.5) is 0 Å². The van der Waals surface area contributed by atoms with Crippen LogP contribution in [-0.4, -0.2) is 39.0 Å². The van der Waals surface area contributed by atoms with Crippen LogP contribution in [0.15, 0.2) is 291 Å². The van der Waals surface area contributed by atoms with E-state index in [9.17, 15) is 10.5 Å². The fourth-order valence-electron chi connectivity index (χ4n) is 12.6. The van der Waals surface area contributed by atoms with Crippen LogP contribution < -0.4 is 0 Å². The van der Waals surface area contributed by atoms with Gasteiger partial charge in [-0.15, -0.1) is 0 Å². The number of aromatic nitrogens is 8. The summed E-state index contributed by atoms with van der Waals surface area (Å²) in [4.78, 5) is 31.6. The van der Waals surface area contributed by atoms with Crippen LogP contribution in [0.1, 0.15) is 11.1 Å². The molecule has 0 N–H and O–H groups in total. The molecule has 0 saturated carbocycles. The minimum atomic E-state index is 0.455. The van der Waals surface area contributed by atoms with E-state index in [4.69, 9.17) is 29.9 Å². The standard InChI is InChI=1S/C80H48N10/c81-49-51-37-41-59(57-39-43-73(89-69-33-17-13-29-61(69)62-30-14-18-34-70(62)89)67(47-57)79-85-75(53-21-5-1-6-22-53)83-76(86-79)54-23-7-2-8-24-54)65(45-51)66-46-52(50-82)38-42-60(66)58-40-44-74(90-71-35-19-15-31-63(71)64-32-16-20-36-72(64)90)68(48-58)80-87-77(55-25-9-3-10-26-55)84-78(88-80)56-27-11-4-12-28-56/h1-48H. The van der Waals surface area contributed by atoms with Crippen molar-refractivity contribution in [3.8, 4) is 125 Å². The Hall–Kier alpha value is -12.8. The topological polar surface area (TPSA) is 135 Å². The maximum Gasteiger partial charge on any atom is 0.166 e. The fraction of sp³-hybridized carbons (Fsp3) is 0. The number of benzene rings is 12. The summed E-state index contributed by atoms with van der Waals surface area (Å²) in [6.45, 7) is 0. The van der Waals surface area contributed by atoms with Crippen LogP contribution >= 0.6 is 0 Å². The van der Waals surface area contributed by atoms with Crippen molar-refractivity contribution in [1.82, 2.24) is 39.0 Å². The first-order valence-electron chi connectivity index (χ1n) is 29.6. The van der Waals surface area contributed by atoms with Gasteiger partial charge >= 0.3 is 0 Å². The molecule has 4 heterocycles. The van der Waals surface area contributed by atoms with Gasteiger partial charge in [0.05, 0.1) is 56.7 Å². The number of nitriles is 2. The maximum absolute atomic E-state index is 10.8. The fourth-order valence-corrected chi connectivity index (χ4v) is 12.6. The molecule has 0 radical (unpaired) electrons. The summed E-state index contributed by atoms with van der Waals surface area (Å²) in [5.74, 6) is 3.07. The van der Waals surface area contributed by atoms with Crippen molar-refractivity contribution in [2.75, 3.05) is 0 Å². The lowest BCUT2D eigenvalue weighted by molar-refractivity contribution is 1.06. The van der Waals surface area contributed by atoms with Gasteiger partial charge < -0.3 is 9.13 Å². The zero-order valence-corrected chi connectivity index (χ0v) is 48.2. The van der Waals surface area contributed by atoms with Gasteiger partial charge in [0.1, 0.15) is 0 Å². The molecule has 0 fully saturated rings. The molecule has 0 spiro atoms. The van der Waals surface area contributed by atoms with Crippen LogP contribution in [0.3, 0.4) is 0 Å². The monoisotopic (exact) mass is 1150 g/mol. The number of hydrogen-bond donors (Lipinski definition) is 0. The molecule has 0 bridgehead atoms. The molecule has 10 nitrogen and oxygen atoms in total. The SMILES string of the molecule is N#Cc1ccc(-c2ccc(-n3c4ccccc4c4ccccc43)c(-c3nc(-c4ccccc4)nc(-c4ccccc4)n3)c2)c(-c2cc(C#N)ccc2-c2ccc(-n3c4ccccc4c4ccccc43)c(-c3nc(-c4ccccc4)nc(-c4ccccc4)n3)c2)c1. The Morgan fingerprint density at radius 2 is 0.500 bits per heavy atom. The maximum atomic E-state index is 10.8. The van der Waals surface area contributed by atoms with Crippen molar-refractivity contribution in [3.05, 3.63) is 302 Å². The molecule has 0 aliphatic carbocycles. The minimum absolute atomic E-state index is 0.455. The Labute approximate surface area is 517 Å². The van der Waals surface area contributed by atoms with E-state index in [-0.39, 0.29) is 0 Å². The average molecular weight is 1150 g/mol. The molecule has 16 aromatic rings. The summed E-state index contributed by atoms with van der Waals surface area (Å²) in [6.07, 6.45) is 0. The largest absolute Gasteiger partial charge is 0.309 e. The molecule has 0 aliphatic rings. The molecular formula is C80H48N10. The second-order valence-corrected chi connectivity index (χ2v) is 22.0. The zero-order valence-electron chi connectivity index (χ0n) is 48.2. The van der Waals surface area contributed by atoms with Gasteiger partial charge in [0, 0.05) is 54.9 Å². The highest BCUT2D eigenvalue weighted by Gasteiger charge is 2.25. The molecule has 418 valence electrons. The van der Waals surface area contributed by atoms with E-state index in [1.165, 1.54) is 0 Å². The van der Waals surface area contributed by atoms with Gasteiger partial charge in [0.25, 0.3) is 0 Å². The molecule has 10 heteroatoms. The third-order valence-corrected chi connectivity index (χ3v) is 16.7. The van der Waals surface area contributed by atoms with Crippen LogP contribution in [0, 0.1) is 22.7 Å². The normalized spacial score (nSPS) is 11.3. The third-order valence-electron chi connectivity index (χ3n) is 16.7. The highest BCUT2D eigenvalue weighted by atomic mass is 15.1. The zero-order chi connectivity index (χ0) is 60.1. The van der Waals surface area contributed by atoms with E-state index < -0.39 is 0 Å². The Morgan fingerprint density at radius 1 is 0.222 bits per heavy atom. The van der Waals surface area contributed by atoms with Gasteiger partial charge in [0.15, 0.2) is 34.9 Å². The molecule has 0 atom stereocenters.